The monoisotopic (exact) mass is 431 g/mol. The molecule has 0 spiro atoms. The minimum atomic E-state index is -0.386. The van der Waals surface area contributed by atoms with E-state index in [0.29, 0.717) is 35.8 Å². The van der Waals surface area contributed by atoms with Crippen molar-refractivity contribution < 1.29 is 14.0 Å². The number of hydrogen-bond acceptors (Lipinski definition) is 2. The van der Waals surface area contributed by atoms with Crippen molar-refractivity contribution in [3.8, 4) is 0 Å². The first-order valence-corrected chi connectivity index (χ1v) is 10.5. The SMILES string of the molecule is Cc1cc(C2CC(C(=O)Nc3ccc(Cl)cc3)CN(C(=O)NC(C)C)C2)ccc1F. The number of anilines is 1. The fraction of sp³-hybridized carbons (Fsp3) is 0.391. The smallest absolute Gasteiger partial charge is 0.317 e. The molecular weight excluding hydrogens is 405 g/mol. The van der Waals surface area contributed by atoms with Crippen molar-refractivity contribution in [1.29, 1.82) is 0 Å². The molecule has 0 radical (unpaired) electrons. The van der Waals surface area contributed by atoms with Gasteiger partial charge in [0.1, 0.15) is 5.82 Å². The minimum Gasteiger partial charge on any atom is -0.336 e. The predicted octanol–water partition coefficient (Wildman–Crippen LogP) is 4.95. The summed E-state index contributed by atoms with van der Waals surface area (Å²) in [5, 5.41) is 6.41. The normalized spacial score (nSPS) is 18.9. The van der Waals surface area contributed by atoms with Gasteiger partial charge in [-0.1, -0.05) is 23.7 Å². The summed E-state index contributed by atoms with van der Waals surface area (Å²) >= 11 is 5.91. The number of piperidine rings is 1. The molecule has 2 unspecified atom stereocenters. The number of aryl methyl sites for hydroxylation is 1. The quantitative estimate of drug-likeness (QED) is 0.719. The van der Waals surface area contributed by atoms with Crippen LogP contribution in [0, 0.1) is 18.7 Å². The number of likely N-dealkylation sites (tertiary alicyclic amines) is 1. The lowest BCUT2D eigenvalue weighted by Crippen LogP contribution is -2.51. The molecule has 3 amide bonds. The minimum absolute atomic E-state index is 0.00714. The molecule has 0 aliphatic carbocycles. The number of carbonyl (C=O) groups excluding carboxylic acids is 2. The number of halogens is 2. The summed E-state index contributed by atoms with van der Waals surface area (Å²) in [6.45, 7) is 6.32. The lowest BCUT2D eigenvalue weighted by molar-refractivity contribution is -0.121. The van der Waals surface area contributed by atoms with E-state index in [1.165, 1.54) is 6.07 Å². The van der Waals surface area contributed by atoms with Gasteiger partial charge in [0.2, 0.25) is 5.91 Å². The summed E-state index contributed by atoms with van der Waals surface area (Å²) in [4.78, 5) is 27.3. The molecule has 2 N–H and O–H groups in total. The van der Waals surface area contributed by atoms with Gasteiger partial charge in [0, 0.05) is 35.8 Å². The van der Waals surface area contributed by atoms with Crippen LogP contribution in [0.2, 0.25) is 5.02 Å². The Balaban J connectivity index is 1.81. The number of rotatable bonds is 4. The molecule has 7 heteroatoms. The highest BCUT2D eigenvalue weighted by atomic mass is 35.5. The third kappa shape index (κ3) is 5.51. The lowest BCUT2D eigenvalue weighted by Gasteiger charge is -2.38. The second-order valence-electron chi connectivity index (χ2n) is 8.14. The molecule has 160 valence electrons. The maximum Gasteiger partial charge on any atom is 0.317 e. The van der Waals surface area contributed by atoms with Gasteiger partial charge in [-0.15, -0.1) is 0 Å². The van der Waals surface area contributed by atoms with Crippen LogP contribution in [0.25, 0.3) is 0 Å². The molecule has 1 aliphatic heterocycles. The molecule has 0 aromatic heterocycles. The Hall–Kier alpha value is -2.60. The van der Waals surface area contributed by atoms with Gasteiger partial charge in [-0.3, -0.25) is 4.79 Å². The van der Waals surface area contributed by atoms with Crippen LogP contribution in [-0.2, 0) is 4.79 Å². The number of urea groups is 1. The third-order valence-electron chi connectivity index (χ3n) is 5.29. The molecule has 5 nitrogen and oxygen atoms in total. The average molecular weight is 432 g/mol. The van der Waals surface area contributed by atoms with Crippen LogP contribution in [0.3, 0.4) is 0 Å². The molecule has 1 saturated heterocycles. The van der Waals surface area contributed by atoms with E-state index in [-0.39, 0.29) is 35.6 Å². The van der Waals surface area contributed by atoms with Crippen molar-refractivity contribution in [2.75, 3.05) is 18.4 Å². The zero-order chi connectivity index (χ0) is 21.8. The Bertz CT molecular complexity index is 917. The molecule has 1 fully saturated rings. The Morgan fingerprint density at radius 3 is 2.47 bits per heavy atom. The molecule has 0 saturated carbocycles. The van der Waals surface area contributed by atoms with Gasteiger partial charge < -0.3 is 15.5 Å². The summed E-state index contributed by atoms with van der Waals surface area (Å²) in [5.41, 5.74) is 2.14. The zero-order valence-electron chi connectivity index (χ0n) is 17.4. The number of carbonyl (C=O) groups is 2. The summed E-state index contributed by atoms with van der Waals surface area (Å²) in [7, 11) is 0. The highest BCUT2D eigenvalue weighted by molar-refractivity contribution is 6.30. The molecule has 2 aromatic rings. The highest BCUT2D eigenvalue weighted by Crippen LogP contribution is 2.32. The number of amides is 3. The van der Waals surface area contributed by atoms with E-state index in [1.807, 2.05) is 13.8 Å². The number of benzene rings is 2. The standard InChI is InChI=1S/C23H27ClFN3O2/c1-14(2)26-23(30)28-12-17(16-4-9-21(25)15(3)10-16)11-18(13-28)22(29)27-20-7-5-19(24)6-8-20/h4-10,14,17-18H,11-13H2,1-3H3,(H,26,30)(H,27,29). The van der Waals surface area contributed by atoms with Gasteiger partial charge in [-0.05, 0) is 68.7 Å². The van der Waals surface area contributed by atoms with Gasteiger partial charge in [-0.2, -0.15) is 0 Å². The first kappa shape index (κ1) is 22.1. The maximum absolute atomic E-state index is 13.7. The third-order valence-corrected chi connectivity index (χ3v) is 5.54. The van der Waals surface area contributed by atoms with Crippen LogP contribution in [-0.4, -0.2) is 36.0 Å². The summed E-state index contributed by atoms with van der Waals surface area (Å²) in [6.07, 6.45) is 0.579. The van der Waals surface area contributed by atoms with Gasteiger partial charge in [-0.25, -0.2) is 9.18 Å². The average Bonchev–Trinajstić information content (AvgIpc) is 2.71. The first-order chi connectivity index (χ1) is 14.2. The highest BCUT2D eigenvalue weighted by Gasteiger charge is 2.35. The van der Waals surface area contributed by atoms with Crippen molar-refractivity contribution in [3.63, 3.8) is 0 Å². The largest absolute Gasteiger partial charge is 0.336 e. The summed E-state index contributed by atoms with van der Waals surface area (Å²) in [6, 6.07) is 11.7. The van der Waals surface area contributed by atoms with E-state index < -0.39 is 0 Å². The Morgan fingerprint density at radius 1 is 1.13 bits per heavy atom. The van der Waals surface area contributed by atoms with E-state index in [1.54, 1.807) is 48.2 Å². The van der Waals surface area contributed by atoms with Crippen LogP contribution in [0.4, 0.5) is 14.9 Å². The molecule has 2 atom stereocenters. The van der Waals surface area contributed by atoms with Crippen molar-refractivity contribution in [1.82, 2.24) is 10.2 Å². The van der Waals surface area contributed by atoms with Crippen molar-refractivity contribution in [2.24, 2.45) is 5.92 Å². The molecule has 1 aliphatic rings. The Morgan fingerprint density at radius 2 is 1.83 bits per heavy atom. The van der Waals surface area contributed by atoms with Crippen molar-refractivity contribution in [2.45, 2.75) is 39.2 Å². The van der Waals surface area contributed by atoms with Gasteiger partial charge in [0.25, 0.3) is 0 Å². The number of nitrogens with one attached hydrogen (secondary N) is 2. The maximum atomic E-state index is 13.7. The number of hydrogen-bond donors (Lipinski definition) is 2. The zero-order valence-corrected chi connectivity index (χ0v) is 18.2. The molecular formula is C23H27ClFN3O2. The van der Waals surface area contributed by atoms with E-state index in [0.717, 1.165) is 5.56 Å². The van der Waals surface area contributed by atoms with Crippen LogP contribution in [0.5, 0.6) is 0 Å². The summed E-state index contributed by atoms with van der Waals surface area (Å²) < 4.78 is 13.7. The van der Waals surface area contributed by atoms with Crippen molar-refractivity contribution >= 4 is 29.2 Å². The topological polar surface area (TPSA) is 61.4 Å². The van der Waals surface area contributed by atoms with E-state index in [9.17, 15) is 14.0 Å². The fourth-order valence-electron chi connectivity index (χ4n) is 3.73. The molecule has 2 aromatic carbocycles. The van der Waals surface area contributed by atoms with Crippen LogP contribution < -0.4 is 10.6 Å². The Kier molecular flexibility index (Phi) is 6.98. The second-order valence-corrected chi connectivity index (χ2v) is 8.58. The first-order valence-electron chi connectivity index (χ1n) is 10.1. The predicted molar refractivity (Wildman–Crippen MR) is 117 cm³/mol. The van der Waals surface area contributed by atoms with Crippen LogP contribution >= 0.6 is 11.6 Å². The van der Waals surface area contributed by atoms with Gasteiger partial charge >= 0.3 is 6.03 Å². The van der Waals surface area contributed by atoms with Crippen LogP contribution in [0.15, 0.2) is 42.5 Å². The second kappa shape index (κ2) is 9.47. The van der Waals surface area contributed by atoms with Gasteiger partial charge in [0.15, 0.2) is 0 Å². The molecule has 3 rings (SSSR count). The number of nitrogens with zero attached hydrogens (tertiary/aromatic N) is 1. The summed E-state index contributed by atoms with van der Waals surface area (Å²) in [5.74, 6) is -0.858. The van der Waals surface area contributed by atoms with Crippen molar-refractivity contribution in [3.05, 3.63) is 64.4 Å². The van der Waals surface area contributed by atoms with E-state index in [2.05, 4.69) is 10.6 Å². The van der Waals surface area contributed by atoms with Crippen LogP contribution in [0.1, 0.15) is 37.3 Å². The molecule has 1 heterocycles. The van der Waals surface area contributed by atoms with E-state index >= 15 is 0 Å². The van der Waals surface area contributed by atoms with E-state index in [4.69, 9.17) is 11.6 Å². The molecule has 30 heavy (non-hydrogen) atoms. The fourth-order valence-corrected chi connectivity index (χ4v) is 3.86. The molecule has 0 bridgehead atoms. The lowest BCUT2D eigenvalue weighted by atomic mass is 9.83. The Labute approximate surface area is 181 Å². The van der Waals surface area contributed by atoms with Gasteiger partial charge in [0.05, 0.1) is 5.92 Å².